The molecule has 7 saturated heterocycles. The van der Waals surface area contributed by atoms with Gasteiger partial charge in [0.15, 0.2) is 37.4 Å². The fourth-order valence-corrected chi connectivity index (χ4v) is 19.0. The number of esters is 4. The summed E-state index contributed by atoms with van der Waals surface area (Å²) in [6.45, 7) is 40.1. The minimum Gasteiger partial charge on any atom is -0.459 e. The standard InChI is InChI=1S/C43H79N3O13.C40H74N2O13/c1-18-31-43(11)37(58-40(59-43)45(14)15)27(6)46(16)22-23(2)20-41(9,50)36(57-39-34(54-29(8)47)30(44(12)13)19-24(3)52-39)25(4)33(26(5)38(49)55-31)56-32-21-42(10,51-17)35(48)28(7)53-32;1-16-29-40(11,48)33(44)25(6)42(14)20-21(2)18-38(9,47)35(55-37-32(52-27(8)43)28(41(12)13)17-22(3)50-37)23(4)31(24(5)36(46)53-29)54-30-19-39(10,49-15)34(45)26(7)51-30/h23-28,30-37,39-40,48,50H,18-22H2,1-17H3;21-26,28-35,37,44-45,47-48H,16-20H2,1-15H3/t23-,24-,25+,26-,27-,28+,30+,31-,32+,33+,34-,35+,36-,37+,39+,40?,41-,42-,43-;21-,22-,23+,24-,25-,26+,28+,29-,30+,31+,32-,33-,34+,35-,37+,38-,39-,40-/m11/s1. The fraction of sp³-hybridized carbons (Fsp3) is 0.952. The molecule has 6 N–H and O–H groups in total. The summed E-state index contributed by atoms with van der Waals surface area (Å²) in [5.41, 5.74) is -8.05. The Hall–Kier alpha value is -3.04. The highest BCUT2D eigenvalue weighted by Crippen LogP contribution is 2.46. The van der Waals surface area contributed by atoms with Crippen LogP contribution in [-0.4, -0.2) is 350 Å². The van der Waals surface area contributed by atoms with Gasteiger partial charge < -0.3 is 126 Å². The van der Waals surface area contributed by atoms with Crippen molar-refractivity contribution in [1.82, 2.24) is 24.5 Å². The second kappa shape index (κ2) is 40.8. The molecule has 0 aromatic heterocycles. The van der Waals surface area contributed by atoms with Crippen molar-refractivity contribution in [2.45, 2.75) is 391 Å². The van der Waals surface area contributed by atoms with Crippen molar-refractivity contribution in [2.75, 3.05) is 83.7 Å². The number of hydrogen-bond donors (Lipinski definition) is 6. The molecule has 31 nitrogen and oxygen atoms in total. The van der Waals surface area contributed by atoms with E-state index < -0.39 is 204 Å². The summed E-state index contributed by atoms with van der Waals surface area (Å²) < 4.78 is 102. The number of methoxy groups -OCH3 is 2. The van der Waals surface area contributed by atoms with Crippen LogP contribution in [0.5, 0.6) is 0 Å². The van der Waals surface area contributed by atoms with E-state index in [-0.39, 0.29) is 74.3 Å². The van der Waals surface area contributed by atoms with Gasteiger partial charge in [-0.25, -0.2) is 0 Å². The molecule has 0 saturated carbocycles. The van der Waals surface area contributed by atoms with E-state index in [1.807, 2.05) is 124 Å². The summed E-state index contributed by atoms with van der Waals surface area (Å²) in [6, 6.07) is -1.25. The first-order valence-corrected chi connectivity index (χ1v) is 41.6. The Morgan fingerprint density at radius 2 is 0.868 bits per heavy atom. The summed E-state index contributed by atoms with van der Waals surface area (Å²) in [7, 11) is 18.3. The second-order valence-corrected chi connectivity index (χ2v) is 37.0. The Morgan fingerprint density at radius 1 is 0.500 bits per heavy atom. The van der Waals surface area contributed by atoms with E-state index in [0.717, 1.165) is 0 Å². The smallest absolute Gasteiger partial charge is 0.311 e. The lowest BCUT2D eigenvalue weighted by Crippen LogP contribution is -2.61. The molecule has 7 aliphatic heterocycles. The number of ether oxygens (including phenoxy) is 16. The predicted octanol–water partition coefficient (Wildman–Crippen LogP) is 5.85. The highest BCUT2D eigenvalue weighted by molar-refractivity contribution is 5.73. The Morgan fingerprint density at radius 3 is 1.21 bits per heavy atom. The van der Waals surface area contributed by atoms with Crippen LogP contribution in [0.4, 0.5) is 0 Å². The number of aliphatic hydroxyl groups is 6. The first kappa shape index (κ1) is 99.8. The zero-order valence-corrected chi connectivity index (χ0v) is 75.1. The van der Waals surface area contributed by atoms with Gasteiger partial charge >= 0.3 is 23.9 Å². The Balaban J connectivity index is 0.000000356. The number of rotatable bonds is 17. The Labute approximate surface area is 681 Å². The first-order chi connectivity index (χ1) is 52.6. The largest absolute Gasteiger partial charge is 0.459 e. The maximum atomic E-state index is 14.7. The number of aliphatic hydroxyl groups excluding tert-OH is 3. The van der Waals surface area contributed by atoms with Gasteiger partial charge in [-0.3, -0.25) is 24.1 Å². The minimum atomic E-state index is -1.82. The number of carbonyl (C=O) groups is 4. The van der Waals surface area contributed by atoms with Crippen LogP contribution >= 0.6 is 0 Å². The van der Waals surface area contributed by atoms with E-state index in [9.17, 15) is 49.8 Å². The van der Waals surface area contributed by atoms with Crippen LogP contribution < -0.4 is 0 Å². The topological polar surface area (TPSA) is 354 Å². The molecule has 7 heterocycles. The maximum Gasteiger partial charge on any atom is 0.311 e. The lowest BCUT2D eigenvalue weighted by molar-refractivity contribution is -0.319. The molecule has 0 aliphatic carbocycles. The molecule has 1 unspecified atom stereocenters. The number of hydrogen-bond acceptors (Lipinski definition) is 31. The van der Waals surface area contributed by atoms with Gasteiger partial charge in [-0.2, -0.15) is 0 Å². The molecule has 0 aromatic rings. The van der Waals surface area contributed by atoms with Crippen LogP contribution in [0, 0.1) is 35.5 Å². The number of cyclic esters (lactones) is 2. The molecule has 114 heavy (non-hydrogen) atoms. The van der Waals surface area contributed by atoms with Crippen molar-refractivity contribution in [1.29, 1.82) is 0 Å². The van der Waals surface area contributed by atoms with Crippen molar-refractivity contribution >= 4 is 23.9 Å². The second-order valence-electron chi connectivity index (χ2n) is 37.0. The number of fused-ring (bicyclic) bond motifs is 1. The van der Waals surface area contributed by atoms with Crippen molar-refractivity contribution in [3.63, 3.8) is 0 Å². The van der Waals surface area contributed by atoms with Gasteiger partial charge in [0.25, 0.3) is 0 Å². The third-order valence-corrected chi connectivity index (χ3v) is 25.9. The molecule has 7 aliphatic rings. The number of carbonyl (C=O) groups excluding carboxylic acids is 4. The van der Waals surface area contributed by atoms with Crippen molar-refractivity contribution < 1.29 is 126 Å². The van der Waals surface area contributed by atoms with Crippen molar-refractivity contribution in [2.24, 2.45) is 35.5 Å². The van der Waals surface area contributed by atoms with Crippen LogP contribution in [0.1, 0.15) is 204 Å². The van der Waals surface area contributed by atoms with Crippen LogP contribution in [0.25, 0.3) is 0 Å². The van der Waals surface area contributed by atoms with Gasteiger partial charge in [-0.1, -0.05) is 41.5 Å². The lowest BCUT2D eigenvalue weighted by Gasteiger charge is -2.49. The van der Waals surface area contributed by atoms with Gasteiger partial charge in [-0.05, 0) is 204 Å². The van der Waals surface area contributed by atoms with E-state index in [1.54, 1.807) is 69.2 Å². The Bertz CT molecular complexity index is 3030. The van der Waals surface area contributed by atoms with Gasteiger partial charge in [0.2, 0.25) is 6.41 Å². The molecule has 0 aromatic carbocycles. The van der Waals surface area contributed by atoms with E-state index in [1.165, 1.54) is 35.0 Å². The molecule has 7 rings (SSSR count). The number of likely N-dealkylation sites (N-methyl/N-ethyl adjacent to an activating group) is 4. The molecule has 31 heteroatoms. The monoisotopic (exact) mass is 1640 g/mol. The summed E-state index contributed by atoms with van der Waals surface area (Å²) >= 11 is 0. The summed E-state index contributed by atoms with van der Waals surface area (Å²) in [6.07, 6.45) is -15.4. The van der Waals surface area contributed by atoms with Crippen LogP contribution in [0.3, 0.4) is 0 Å². The normalized spacial score (nSPS) is 47.4. The van der Waals surface area contributed by atoms with Crippen molar-refractivity contribution in [3.8, 4) is 0 Å². The van der Waals surface area contributed by atoms with Gasteiger partial charge in [-0.15, -0.1) is 0 Å². The van der Waals surface area contributed by atoms with E-state index in [2.05, 4.69) is 18.7 Å². The minimum absolute atomic E-state index is 0.0767. The fourth-order valence-electron chi connectivity index (χ4n) is 19.0. The zero-order valence-electron chi connectivity index (χ0n) is 75.1. The van der Waals surface area contributed by atoms with Gasteiger partial charge in [0.1, 0.15) is 47.8 Å². The molecular weight excluding hydrogens is 1480 g/mol. The van der Waals surface area contributed by atoms with E-state index >= 15 is 0 Å². The SMILES string of the molecule is CC[C@H]1OC(=O)[C@H](C)[C@@H](O[C@H]2C[C@@](C)(OC)[C@@H](O)[C@H](C)O2)[C@H](C)[C@@H](O[C@@H]2O[C@H](C)C[C@H](N(C)C)[C@H]2OC(C)=O)[C@](C)(O)C[C@@H](C)CN(C)[C@H](C)[C@@H](O)[C@]1(C)O.CC[C@H]1OC(=O)[C@H](C)[C@@H](O[C@H]2C[C@@](C)(OC)[C@@H](O)[C@H](C)O2)[C@H](C)[C@@H](O[C@@H]2O[C@H](C)C[C@H](N(C)C)[C@H]2OC(C)=O)[C@](C)(O)C[C@@H](C)CN(C)[C@H](C)[C@@H]2OC(N(C)C)O[C@]12C. The summed E-state index contributed by atoms with van der Waals surface area (Å²) in [5, 5.41) is 70.8. The van der Waals surface area contributed by atoms with E-state index in [0.29, 0.717) is 32.4 Å². The number of nitrogens with zero attached hydrogens (tertiary/aromatic N) is 5. The molecule has 666 valence electrons. The van der Waals surface area contributed by atoms with Crippen molar-refractivity contribution in [3.05, 3.63) is 0 Å². The average molecular weight is 1640 g/mol. The van der Waals surface area contributed by atoms with Crippen LogP contribution in [0.2, 0.25) is 0 Å². The molecule has 0 amide bonds. The molecule has 0 spiro atoms. The summed E-state index contributed by atoms with van der Waals surface area (Å²) in [5.74, 6) is -5.98. The third kappa shape index (κ3) is 23.6. The van der Waals surface area contributed by atoms with Gasteiger partial charge in [0.05, 0.1) is 95.2 Å². The lowest BCUT2D eigenvalue weighted by atomic mass is 9.77. The molecule has 0 radical (unpaired) electrons. The predicted molar refractivity (Wildman–Crippen MR) is 423 cm³/mol. The van der Waals surface area contributed by atoms with E-state index in [4.69, 9.17) is 75.8 Å². The Kier molecular flexibility index (Phi) is 35.7. The molecule has 0 bridgehead atoms. The first-order valence-electron chi connectivity index (χ1n) is 41.6. The van der Waals surface area contributed by atoms with Crippen LogP contribution in [-0.2, 0) is 95.0 Å². The van der Waals surface area contributed by atoms with Gasteiger partial charge in [0, 0.05) is 77.9 Å². The summed E-state index contributed by atoms with van der Waals surface area (Å²) in [4.78, 5) is 64.0. The quantitative estimate of drug-likeness (QED) is 0.0734. The van der Waals surface area contributed by atoms with Crippen LogP contribution in [0.15, 0.2) is 0 Å². The average Bonchev–Trinajstić information content (AvgIpc) is 1.56. The maximum absolute atomic E-state index is 14.7. The molecule has 37 atom stereocenters. The third-order valence-electron chi connectivity index (χ3n) is 25.9. The molecular formula is C83H153N5O26. The molecule has 7 fully saturated rings. The zero-order chi connectivity index (χ0) is 86.5. The highest BCUT2D eigenvalue weighted by atomic mass is 16.8. The highest BCUT2D eigenvalue weighted by Gasteiger charge is 2.60.